The van der Waals surface area contributed by atoms with Crippen molar-refractivity contribution in [1.29, 1.82) is 0 Å². The van der Waals surface area contributed by atoms with Crippen LogP contribution < -0.4 is 5.73 Å². The predicted molar refractivity (Wildman–Crippen MR) is 89.5 cm³/mol. The van der Waals surface area contributed by atoms with Crippen molar-refractivity contribution in [3.05, 3.63) is 38.5 Å². The lowest BCUT2D eigenvalue weighted by molar-refractivity contribution is 0.0732. The van der Waals surface area contributed by atoms with Crippen molar-refractivity contribution < 1.29 is 4.79 Å². The normalized spacial score (nSPS) is 17.8. The number of hydrogen-bond donors (Lipinski definition) is 1. The molecule has 2 N–H and O–H groups in total. The number of thiophene rings is 1. The molecule has 2 aromatic rings. The Morgan fingerprint density at radius 1 is 1.48 bits per heavy atom. The first-order chi connectivity index (χ1) is 9.79. The van der Waals surface area contributed by atoms with Gasteiger partial charge in [-0.3, -0.25) is 4.79 Å². The third-order valence-electron chi connectivity index (χ3n) is 3.51. The molecule has 0 saturated carbocycles. The zero-order valence-corrected chi connectivity index (χ0v) is 14.0. The van der Waals surface area contributed by atoms with E-state index >= 15 is 0 Å². The Morgan fingerprint density at radius 2 is 2.33 bits per heavy atom. The highest BCUT2D eigenvalue weighted by Gasteiger charge is 2.32. The molecule has 114 valence electrons. The molecule has 1 aliphatic heterocycles. The second-order valence-electron chi connectivity index (χ2n) is 4.84. The van der Waals surface area contributed by atoms with E-state index in [-0.39, 0.29) is 24.4 Å². The minimum absolute atomic E-state index is 0. The fourth-order valence-electron chi connectivity index (χ4n) is 2.58. The summed E-state index contributed by atoms with van der Waals surface area (Å²) in [5, 5.41) is 4.87. The zero-order valence-electron chi connectivity index (χ0n) is 11.5. The van der Waals surface area contributed by atoms with Crippen LogP contribution in [-0.4, -0.2) is 28.9 Å². The van der Waals surface area contributed by atoms with E-state index < -0.39 is 0 Å². The quantitative estimate of drug-likeness (QED) is 0.927. The molecule has 0 aromatic carbocycles. The van der Waals surface area contributed by atoms with Crippen LogP contribution in [0.4, 0.5) is 0 Å². The average molecular weight is 344 g/mol. The van der Waals surface area contributed by atoms with Crippen molar-refractivity contribution in [3.8, 4) is 0 Å². The van der Waals surface area contributed by atoms with Gasteiger partial charge in [-0.25, -0.2) is 4.98 Å². The van der Waals surface area contributed by atoms with E-state index in [0.29, 0.717) is 12.2 Å². The molecule has 1 fully saturated rings. The molecule has 0 aliphatic carbocycles. The van der Waals surface area contributed by atoms with Crippen molar-refractivity contribution in [2.24, 2.45) is 5.73 Å². The van der Waals surface area contributed by atoms with Gasteiger partial charge in [-0.15, -0.1) is 35.1 Å². The van der Waals surface area contributed by atoms with Crippen LogP contribution >= 0.6 is 35.1 Å². The molecule has 0 spiro atoms. The monoisotopic (exact) mass is 343 g/mol. The van der Waals surface area contributed by atoms with E-state index in [2.05, 4.69) is 16.4 Å². The molecule has 1 atom stereocenters. The van der Waals surface area contributed by atoms with Gasteiger partial charge in [0.05, 0.1) is 11.0 Å². The van der Waals surface area contributed by atoms with Gasteiger partial charge < -0.3 is 10.6 Å². The summed E-state index contributed by atoms with van der Waals surface area (Å²) < 4.78 is 0. The molecule has 3 rings (SSSR count). The summed E-state index contributed by atoms with van der Waals surface area (Å²) in [6.07, 6.45) is 2.85. The summed E-state index contributed by atoms with van der Waals surface area (Å²) in [6.45, 7) is 1.40. The molecular weight excluding hydrogens is 326 g/mol. The maximum Gasteiger partial charge on any atom is 0.273 e. The first-order valence-corrected chi connectivity index (χ1v) is 8.54. The lowest BCUT2D eigenvalue weighted by atomic mass is 10.2. The standard InChI is InChI=1S/C14H17N3OS2.ClH/c15-6-5-13-16-10(9-20-13)14(18)17-7-1-3-11(17)12-4-2-8-19-12;/h2,4,8-9,11H,1,3,5-7,15H2;1H. The zero-order chi connectivity index (χ0) is 13.9. The second-order valence-corrected chi connectivity index (χ2v) is 6.76. The van der Waals surface area contributed by atoms with Gasteiger partial charge in [-0.2, -0.15) is 0 Å². The molecule has 0 radical (unpaired) electrons. The highest BCUT2D eigenvalue weighted by molar-refractivity contribution is 7.10. The number of nitrogens with two attached hydrogens (primary N) is 1. The van der Waals surface area contributed by atoms with Crippen molar-refractivity contribution in [2.45, 2.75) is 25.3 Å². The molecule has 1 saturated heterocycles. The van der Waals surface area contributed by atoms with Crippen LogP contribution in [0.25, 0.3) is 0 Å². The summed E-state index contributed by atoms with van der Waals surface area (Å²) in [5.74, 6) is 0.0559. The number of aromatic nitrogens is 1. The van der Waals surface area contributed by atoms with E-state index in [9.17, 15) is 4.79 Å². The van der Waals surface area contributed by atoms with E-state index in [1.807, 2.05) is 16.3 Å². The van der Waals surface area contributed by atoms with Crippen LogP contribution in [0.2, 0.25) is 0 Å². The van der Waals surface area contributed by atoms with Crippen molar-refractivity contribution in [3.63, 3.8) is 0 Å². The van der Waals surface area contributed by atoms with Gasteiger partial charge in [0.25, 0.3) is 5.91 Å². The number of nitrogens with zero attached hydrogens (tertiary/aromatic N) is 2. The van der Waals surface area contributed by atoms with Crippen LogP contribution in [0.3, 0.4) is 0 Å². The molecule has 3 heterocycles. The van der Waals surface area contributed by atoms with Crippen molar-refractivity contribution in [1.82, 2.24) is 9.88 Å². The maximum atomic E-state index is 12.6. The lowest BCUT2D eigenvalue weighted by Crippen LogP contribution is -2.30. The largest absolute Gasteiger partial charge is 0.330 e. The minimum Gasteiger partial charge on any atom is -0.330 e. The Labute approximate surface area is 138 Å². The van der Waals surface area contributed by atoms with Gasteiger partial charge in [0.1, 0.15) is 5.69 Å². The van der Waals surface area contributed by atoms with Crippen LogP contribution in [0.5, 0.6) is 0 Å². The Morgan fingerprint density at radius 3 is 3.05 bits per heavy atom. The van der Waals surface area contributed by atoms with Crippen LogP contribution in [0.1, 0.15) is 39.3 Å². The summed E-state index contributed by atoms with van der Waals surface area (Å²) in [6, 6.07) is 4.38. The number of rotatable bonds is 4. The summed E-state index contributed by atoms with van der Waals surface area (Å²) in [7, 11) is 0. The lowest BCUT2D eigenvalue weighted by Gasteiger charge is -2.22. The Bertz CT molecular complexity index is 585. The van der Waals surface area contributed by atoms with Gasteiger partial charge in [0.15, 0.2) is 0 Å². The third kappa shape index (κ3) is 3.45. The van der Waals surface area contributed by atoms with Crippen LogP contribution in [-0.2, 0) is 6.42 Å². The number of halogens is 1. The van der Waals surface area contributed by atoms with E-state index in [4.69, 9.17) is 5.73 Å². The fourth-order valence-corrected chi connectivity index (χ4v) is 4.24. The van der Waals surface area contributed by atoms with Gasteiger partial charge in [-0.05, 0) is 30.8 Å². The average Bonchev–Trinajstić information content (AvgIpc) is 3.19. The Balaban J connectivity index is 0.00000161. The van der Waals surface area contributed by atoms with Gasteiger partial charge >= 0.3 is 0 Å². The Hall–Kier alpha value is -0.950. The van der Waals surface area contributed by atoms with E-state index in [1.54, 1.807) is 11.3 Å². The highest BCUT2D eigenvalue weighted by atomic mass is 35.5. The molecular formula is C14H18ClN3OS2. The first kappa shape index (κ1) is 16.4. The van der Waals surface area contributed by atoms with Crippen molar-refractivity contribution >= 4 is 41.0 Å². The van der Waals surface area contributed by atoms with Crippen molar-refractivity contribution in [2.75, 3.05) is 13.1 Å². The van der Waals surface area contributed by atoms with Gasteiger partial charge in [0, 0.05) is 23.2 Å². The fraction of sp³-hybridized carbons (Fsp3) is 0.429. The third-order valence-corrected chi connectivity index (χ3v) is 5.40. The summed E-state index contributed by atoms with van der Waals surface area (Å²) in [5.41, 5.74) is 6.10. The number of hydrogen-bond acceptors (Lipinski definition) is 5. The molecule has 1 amide bonds. The van der Waals surface area contributed by atoms with E-state index in [0.717, 1.165) is 30.8 Å². The van der Waals surface area contributed by atoms with Crippen LogP contribution in [0.15, 0.2) is 22.9 Å². The molecule has 1 aliphatic rings. The minimum atomic E-state index is 0. The summed E-state index contributed by atoms with van der Waals surface area (Å²) >= 11 is 3.25. The highest BCUT2D eigenvalue weighted by Crippen LogP contribution is 2.35. The second kappa shape index (κ2) is 7.35. The van der Waals surface area contributed by atoms with E-state index in [1.165, 1.54) is 16.2 Å². The number of carbonyl (C=O) groups is 1. The molecule has 2 aromatic heterocycles. The Kier molecular flexibility index (Phi) is 5.75. The maximum absolute atomic E-state index is 12.6. The number of thiazole rings is 1. The smallest absolute Gasteiger partial charge is 0.273 e. The molecule has 21 heavy (non-hydrogen) atoms. The molecule has 1 unspecified atom stereocenters. The first-order valence-electron chi connectivity index (χ1n) is 6.78. The number of likely N-dealkylation sites (tertiary alicyclic amines) is 1. The summed E-state index contributed by atoms with van der Waals surface area (Å²) in [4.78, 5) is 20.3. The number of amides is 1. The SMILES string of the molecule is Cl.NCCc1nc(C(=O)N2CCCC2c2cccs2)cs1. The van der Waals surface area contributed by atoms with Crippen LogP contribution in [0, 0.1) is 0 Å². The predicted octanol–water partition coefficient (Wildman–Crippen LogP) is 3.10. The molecule has 0 bridgehead atoms. The van der Waals surface area contributed by atoms with Gasteiger partial charge in [0.2, 0.25) is 0 Å². The topological polar surface area (TPSA) is 59.2 Å². The molecule has 4 nitrogen and oxygen atoms in total. The molecule has 7 heteroatoms. The number of carbonyl (C=O) groups excluding carboxylic acids is 1. The van der Waals surface area contributed by atoms with Gasteiger partial charge in [-0.1, -0.05) is 6.07 Å².